The predicted molar refractivity (Wildman–Crippen MR) is 171 cm³/mol. The second-order valence-electron chi connectivity index (χ2n) is 11.0. The zero-order valence-electron chi connectivity index (χ0n) is 24.0. The first-order valence-electron chi connectivity index (χ1n) is 14.1. The number of hydrogen-bond donors (Lipinski definition) is 0. The summed E-state index contributed by atoms with van der Waals surface area (Å²) in [5.41, 5.74) is 7.54. The number of rotatable bonds is 8. The first-order chi connectivity index (χ1) is 19.0. The van der Waals surface area contributed by atoms with E-state index in [1.54, 1.807) is 21.8 Å². The van der Waals surface area contributed by atoms with Gasteiger partial charge in [-0.3, -0.25) is 0 Å². The Labute approximate surface area is 273 Å². The van der Waals surface area contributed by atoms with Crippen molar-refractivity contribution in [3.63, 3.8) is 0 Å². The molecule has 2 unspecified atom stereocenters. The van der Waals surface area contributed by atoms with Gasteiger partial charge in [0.25, 0.3) is 0 Å². The molecule has 6 rings (SSSR count). The summed E-state index contributed by atoms with van der Waals surface area (Å²) in [6.07, 6.45) is 5.21. The van der Waals surface area contributed by atoms with E-state index in [1.807, 2.05) is 0 Å². The molecule has 4 aromatic rings. The van der Waals surface area contributed by atoms with E-state index in [0.717, 1.165) is 0 Å². The molecule has 41 heavy (non-hydrogen) atoms. The van der Waals surface area contributed by atoms with Gasteiger partial charge in [-0.1, -0.05) is 0 Å². The van der Waals surface area contributed by atoms with E-state index in [1.165, 1.54) is 21.7 Å². The summed E-state index contributed by atoms with van der Waals surface area (Å²) in [6.45, 7) is 9.82. The molecule has 0 fully saturated rings. The molecule has 0 aromatic heterocycles. The van der Waals surface area contributed by atoms with Crippen molar-refractivity contribution in [1.82, 2.24) is 0 Å². The largest absolute Gasteiger partial charge is 1.00 e. The van der Waals surface area contributed by atoms with Gasteiger partial charge in [-0.05, 0) is 0 Å². The minimum absolute atomic E-state index is 0. The van der Waals surface area contributed by atoms with Gasteiger partial charge < -0.3 is 24.8 Å². The Kier molecular flexibility index (Phi) is 11.5. The van der Waals surface area contributed by atoms with Gasteiger partial charge >= 0.3 is 250 Å². The Morgan fingerprint density at radius 3 is 1.37 bits per heavy atom. The van der Waals surface area contributed by atoms with Gasteiger partial charge in [-0.15, -0.1) is 0 Å². The number of allylic oxidation sites excluding steroid dienone is 2. The molecule has 2 aliphatic carbocycles. The minimum atomic E-state index is -1.00. The Bertz CT molecular complexity index is 1470. The van der Waals surface area contributed by atoms with Crippen LogP contribution in [0.5, 0.6) is 0 Å². The molecule has 0 spiro atoms. The minimum Gasteiger partial charge on any atom is -1.00 e. The molecule has 0 bridgehead atoms. The quantitative estimate of drug-likeness (QED) is 0.248. The maximum Gasteiger partial charge on any atom is -1.00 e. The van der Waals surface area contributed by atoms with E-state index in [4.69, 9.17) is 0 Å². The predicted octanol–water partition coefficient (Wildman–Crippen LogP) is 3.70. The maximum atomic E-state index is 2.62. The topological polar surface area (TPSA) is 0 Å². The van der Waals surface area contributed by atoms with E-state index >= 15 is 0 Å². The van der Waals surface area contributed by atoms with Gasteiger partial charge in [0.05, 0.1) is 0 Å². The summed E-state index contributed by atoms with van der Waals surface area (Å²) in [4.78, 5) is 0. The first kappa shape index (κ1) is 32.6. The molecule has 0 radical (unpaired) electrons. The van der Waals surface area contributed by atoms with Crippen LogP contribution in [-0.2, 0) is 23.2 Å². The van der Waals surface area contributed by atoms with E-state index in [-0.39, 0.29) is 32.7 Å². The van der Waals surface area contributed by atoms with Crippen LogP contribution in [0.1, 0.15) is 57.2 Å². The second kappa shape index (κ2) is 14.4. The average Bonchev–Trinajstić information content (AvgIpc) is 3.48. The fourth-order valence-corrected chi connectivity index (χ4v) is 19.1. The smallest absolute Gasteiger partial charge is 1.00 e. The van der Waals surface area contributed by atoms with Crippen LogP contribution in [0.25, 0.3) is 12.2 Å². The van der Waals surface area contributed by atoms with Crippen molar-refractivity contribution < 1.29 is 48.0 Å². The third-order valence-corrected chi connectivity index (χ3v) is 19.5. The van der Waals surface area contributed by atoms with Gasteiger partial charge in [-0.25, -0.2) is 0 Å². The summed E-state index contributed by atoms with van der Waals surface area (Å²) in [5.74, 6) is 0. The molecule has 2 aliphatic rings. The second-order valence-corrected chi connectivity index (χ2v) is 20.3. The molecule has 0 saturated carbocycles. The van der Waals surface area contributed by atoms with Crippen LogP contribution in [0.15, 0.2) is 120 Å². The van der Waals surface area contributed by atoms with E-state index in [0.29, 0.717) is 18.6 Å². The van der Waals surface area contributed by atoms with Crippen molar-refractivity contribution >= 4 is 38.6 Å². The van der Waals surface area contributed by atoms with Crippen molar-refractivity contribution in [2.75, 3.05) is 0 Å². The number of benzene rings is 4. The summed E-state index contributed by atoms with van der Waals surface area (Å²) in [5, 5.41) is 6.40. The van der Waals surface area contributed by atoms with Crippen LogP contribution >= 0.6 is 15.8 Å². The molecule has 4 aromatic carbocycles. The summed E-state index contributed by atoms with van der Waals surface area (Å²) in [7, 11) is -0.771. The van der Waals surface area contributed by atoms with Gasteiger partial charge in [0.15, 0.2) is 0 Å². The number of halogens is 2. The first-order valence-corrected chi connectivity index (χ1v) is 19.7. The Hall–Kier alpha value is -1.32. The number of hydrogen-bond acceptors (Lipinski definition) is 0. The molecule has 0 aliphatic heterocycles. The van der Waals surface area contributed by atoms with Crippen LogP contribution in [0.4, 0.5) is 0 Å². The fraction of sp³-hybridized carbons (Fsp3) is 0.222. The molecular formula is C36H36Cl2P2Zr. The van der Waals surface area contributed by atoms with Crippen molar-refractivity contribution in [2.45, 2.75) is 46.3 Å². The van der Waals surface area contributed by atoms with Crippen molar-refractivity contribution in [3.8, 4) is 0 Å². The molecule has 0 amide bonds. The summed E-state index contributed by atoms with van der Waals surface area (Å²) in [6, 6.07) is 41.2. The Balaban J connectivity index is 0.00000194. The van der Waals surface area contributed by atoms with Crippen LogP contribution in [-0.4, -0.2) is 11.3 Å². The van der Waals surface area contributed by atoms with E-state index in [9.17, 15) is 0 Å². The summed E-state index contributed by atoms with van der Waals surface area (Å²) >= 11 is -1.00. The van der Waals surface area contributed by atoms with E-state index < -0.39 is 31.2 Å². The Morgan fingerprint density at radius 2 is 0.902 bits per heavy atom. The zero-order valence-corrected chi connectivity index (χ0v) is 29.8. The van der Waals surface area contributed by atoms with Crippen LogP contribution in [0.3, 0.4) is 0 Å². The van der Waals surface area contributed by atoms with Gasteiger partial charge in [0.1, 0.15) is 0 Å². The van der Waals surface area contributed by atoms with Gasteiger partial charge in [0, 0.05) is 0 Å². The summed E-state index contributed by atoms with van der Waals surface area (Å²) < 4.78 is 1.22. The zero-order chi connectivity index (χ0) is 26.9. The molecule has 0 N–H and O–H groups in total. The van der Waals surface area contributed by atoms with Crippen molar-refractivity contribution in [3.05, 3.63) is 142 Å². The van der Waals surface area contributed by atoms with Crippen LogP contribution in [0, 0.1) is 0 Å². The van der Waals surface area contributed by atoms with Crippen molar-refractivity contribution in [2.24, 2.45) is 0 Å². The van der Waals surface area contributed by atoms with Crippen molar-refractivity contribution in [1.29, 1.82) is 0 Å². The fourth-order valence-electron chi connectivity index (χ4n) is 6.34. The third kappa shape index (κ3) is 6.62. The molecule has 5 heteroatoms. The Morgan fingerprint density at radius 1 is 0.512 bits per heavy atom. The monoisotopic (exact) mass is 690 g/mol. The van der Waals surface area contributed by atoms with Gasteiger partial charge in [0.2, 0.25) is 0 Å². The number of fused-ring (bicyclic) bond motifs is 2. The average molecular weight is 693 g/mol. The van der Waals surface area contributed by atoms with E-state index in [2.05, 4.69) is 149 Å². The molecule has 208 valence electrons. The molecular weight excluding hydrogens is 656 g/mol. The molecule has 0 heterocycles. The normalized spacial score (nSPS) is 17.0. The van der Waals surface area contributed by atoms with Gasteiger partial charge in [-0.2, -0.15) is 0 Å². The SMILES string of the molecule is CC(C)P(C1=Cc2ccccc2[CH]1[Zr+2][CH]1C(P(c2ccccc2)c2ccccc2)=Cc2ccccc21)C(C)C.[Cl-].[Cl-]. The standard InChI is InChI=1S/C21H16P.C15H20P.2ClH.Zr/c1-3-11-19(12-4-1)22(20-13-5-2-6-14-20)21-15-17-9-7-8-10-18(17)16-21;1-11(2)16(12(3)4)15-9-13-7-5-6-8-14(13)10-15;;;/h1-16H;5-12H,1-4H3;2*1H;/q;;;;+2/p-2. The molecule has 2 atom stereocenters. The molecule has 0 saturated heterocycles. The van der Waals surface area contributed by atoms with Crippen LogP contribution in [0.2, 0.25) is 0 Å². The van der Waals surface area contributed by atoms with Crippen LogP contribution < -0.4 is 35.4 Å². The molecule has 0 nitrogen and oxygen atoms in total. The third-order valence-electron chi connectivity index (χ3n) is 7.84. The maximum absolute atomic E-state index is 2.62.